The molecule has 0 aromatic rings. The number of esters is 1. The van der Waals surface area contributed by atoms with E-state index in [1.54, 1.807) is 27.7 Å². The van der Waals surface area contributed by atoms with E-state index in [4.69, 9.17) is 18.9 Å². The van der Waals surface area contributed by atoms with E-state index in [-0.39, 0.29) is 18.4 Å². The number of carbonyl (C=O) groups excluding carboxylic acids is 2. The van der Waals surface area contributed by atoms with Crippen molar-refractivity contribution in [1.82, 2.24) is 5.32 Å². The van der Waals surface area contributed by atoms with E-state index in [2.05, 4.69) is 5.32 Å². The number of nitrogens with one attached hydrogen (secondary N) is 1. The number of fused-ring (bicyclic) bond motifs is 1. The number of ether oxygens (including phenoxy) is 4. The quantitative estimate of drug-likeness (QED) is 0.697. The van der Waals surface area contributed by atoms with Gasteiger partial charge >= 0.3 is 5.97 Å². The van der Waals surface area contributed by atoms with E-state index in [0.29, 0.717) is 6.61 Å². The Morgan fingerprint density at radius 1 is 1.42 bits per heavy atom. The van der Waals surface area contributed by atoms with Gasteiger partial charge in [0.2, 0.25) is 5.91 Å². The van der Waals surface area contributed by atoms with Gasteiger partial charge in [0.05, 0.1) is 25.2 Å². The zero-order valence-electron chi connectivity index (χ0n) is 14.8. The topological polar surface area (TPSA) is 103 Å². The van der Waals surface area contributed by atoms with Crippen LogP contribution in [0.3, 0.4) is 0 Å². The lowest BCUT2D eigenvalue weighted by Crippen LogP contribution is -2.67. The fourth-order valence-electron chi connectivity index (χ4n) is 3.10. The van der Waals surface area contributed by atoms with Crippen LogP contribution in [0, 0.1) is 0 Å². The summed E-state index contributed by atoms with van der Waals surface area (Å²) in [6.07, 6.45) is -2.81. The number of hydrogen-bond donors (Lipinski definition) is 2. The first kappa shape index (κ1) is 19.1. The molecule has 0 bridgehead atoms. The van der Waals surface area contributed by atoms with Crippen LogP contribution in [0.4, 0.5) is 0 Å². The van der Waals surface area contributed by atoms with E-state index in [1.807, 2.05) is 0 Å². The van der Waals surface area contributed by atoms with E-state index in [0.717, 1.165) is 0 Å². The minimum absolute atomic E-state index is 0.0130. The van der Waals surface area contributed by atoms with Crippen molar-refractivity contribution in [1.29, 1.82) is 0 Å². The largest absolute Gasteiger partial charge is 0.462 e. The van der Waals surface area contributed by atoms with Crippen LogP contribution in [0.2, 0.25) is 0 Å². The molecule has 0 spiro atoms. The van der Waals surface area contributed by atoms with Gasteiger partial charge in [-0.1, -0.05) is 0 Å². The minimum Gasteiger partial charge on any atom is -0.462 e. The van der Waals surface area contributed by atoms with Crippen molar-refractivity contribution in [3.8, 4) is 0 Å². The zero-order valence-corrected chi connectivity index (χ0v) is 14.8. The van der Waals surface area contributed by atoms with E-state index in [9.17, 15) is 14.7 Å². The highest BCUT2D eigenvalue weighted by Gasteiger charge is 2.49. The molecule has 0 saturated carbocycles. The van der Waals surface area contributed by atoms with Crippen molar-refractivity contribution in [3.63, 3.8) is 0 Å². The van der Waals surface area contributed by atoms with Crippen LogP contribution in [-0.2, 0) is 28.5 Å². The summed E-state index contributed by atoms with van der Waals surface area (Å²) in [7, 11) is 0. The Bertz CT molecular complexity index is 481. The predicted octanol–water partition coefficient (Wildman–Crippen LogP) is 0.113. The molecule has 8 heteroatoms. The molecule has 2 rings (SSSR count). The average Bonchev–Trinajstić information content (AvgIpc) is 2.43. The first-order valence-corrected chi connectivity index (χ1v) is 8.21. The lowest BCUT2D eigenvalue weighted by atomic mass is 9.92. The van der Waals surface area contributed by atoms with Crippen molar-refractivity contribution in [3.05, 3.63) is 0 Å². The highest BCUT2D eigenvalue weighted by Crippen LogP contribution is 2.32. The highest BCUT2D eigenvalue weighted by atomic mass is 16.7. The Kier molecular flexibility index (Phi) is 5.85. The van der Waals surface area contributed by atoms with Gasteiger partial charge < -0.3 is 29.4 Å². The molecule has 24 heavy (non-hydrogen) atoms. The molecular formula is C16H27NO7. The fraction of sp³-hybridized carbons (Fsp3) is 0.875. The Balaban J connectivity index is 1.96. The molecule has 2 aliphatic heterocycles. The van der Waals surface area contributed by atoms with Crippen LogP contribution in [0.1, 0.15) is 41.0 Å². The second-order valence-electron chi connectivity index (χ2n) is 6.88. The molecule has 8 nitrogen and oxygen atoms in total. The summed E-state index contributed by atoms with van der Waals surface area (Å²) in [5.41, 5.74) is 0. The molecular weight excluding hydrogens is 318 g/mol. The minimum atomic E-state index is -0.921. The number of aliphatic hydroxyl groups excluding tert-OH is 1. The molecule has 6 unspecified atom stereocenters. The van der Waals surface area contributed by atoms with Gasteiger partial charge in [-0.05, 0) is 27.7 Å². The summed E-state index contributed by atoms with van der Waals surface area (Å²) < 4.78 is 22.1. The first-order chi connectivity index (χ1) is 11.1. The molecule has 2 heterocycles. The summed E-state index contributed by atoms with van der Waals surface area (Å²) in [4.78, 5) is 23.1. The SMILES string of the molecule is CC(=O)OC(C)CC(=O)NC1C(C)OC2COC(C)(C)OC2C1O. The second kappa shape index (κ2) is 7.35. The maximum Gasteiger partial charge on any atom is 0.302 e. The lowest BCUT2D eigenvalue weighted by molar-refractivity contribution is -0.346. The number of rotatable bonds is 4. The number of hydrogen-bond acceptors (Lipinski definition) is 7. The van der Waals surface area contributed by atoms with Crippen molar-refractivity contribution in [2.75, 3.05) is 6.61 Å². The van der Waals surface area contributed by atoms with Gasteiger partial charge in [-0.2, -0.15) is 0 Å². The van der Waals surface area contributed by atoms with Crippen LogP contribution < -0.4 is 5.32 Å². The molecule has 0 aliphatic carbocycles. The van der Waals surface area contributed by atoms with Crippen LogP contribution in [0.25, 0.3) is 0 Å². The molecule has 2 aliphatic rings. The van der Waals surface area contributed by atoms with Gasteiger partial charge in [0.25, 0.3) is 0 Å². The fourth-order valence-corrected chi connectivity index (χ4v) is 3.10. The Morgan fingerprint density at radius 3 is 2.71 bits per heavy atom. The smallest absolute Gasteiger partial charge is 0.302 e. The number of amides is 1. The van der Waals surface area contributed by atoms with Gasteiger partial charge in [-0.25, -0.2) is 0 Å². The predicted molar refractivity (Wildman–Crippen MR) is 83.0 cm³/mol. The molecule has 138 valence electrons. The van der Waals surface area contributed by atoms with Crippen LogP contribution >= 0.6 is 0 Å². The van der Waals surface area contributed by atoms with Gasteiger partial charge in [0, 0.05) is 6.92 Å². The average molecular weight is 345 g/mol. The summed E-state index contributed by atoms with van der Waals surface area (Å²) in [5, 5.41) is 13.4. The van der Waals surface area contributed by atoms with E-state index in [1.165, 1.54) is 6.92 Å². The molecule has 1 amide bonds. The molecule has 2 saturated heterocycles. The Hall–Kier alpha value is -1.22. The number of aliphatic hydroxyl groups is 1. The molecule has 6 atom stereocenters. The first-order valence-electron chi connectivity index (χ1n) is 8.21. The van der Waals surface area contributed by atoms with Gasteiger partial charge in [-0.15, -0.1) is 0 Å². The van der Waals surface area contributed by atoms with Crippen LogP contribution in [0.15, 0.2) is 0 Å². The summed E-state index contributed by atoms with van der Waals surface area (Å²) in [6.45, 7) is 8.56. The van der Waals surface area contributed by atoms with E-state index < -0.39 is 42.2 Å². The van der Waals surface area contributed by atoms with Crippen molar-refractivity contribution in [2.24, 2.45) is 0 Å². The lowest BCUT2D eigenvalue weighted by Gasteiger charge is -2.49. The summed E-state index contributed by atoms with van der Waals surface area (Å²) >= 11 is 0. The third kappa shape index (κ3) is 4.66. The highest BCUT2D eigenvalue weighted by molar-refractivity contribution is 5.77. The van der Waals surface area contributed by atoms with Crippen LogP contribution in [-0.4, -0.2) is 65.9 Å². The third-order valence-electron chi connectivity index (χ3n) is 4.15. The van der Waals surface area contributed by atoms with Gasteiger partial charge in [-0.3, -0.25) is 9.59 Å². The zero-order chi connectivity index (χ0) is 18.1. The van der Waals surface area contributed by atoms with Crippen molar-refractivity contribution >= 4 is 11.9 Å². The van der Waals surface area contributed by atoms with E-state index >= 15 is 0 Å². The van der Waals surface area contributed by atoms with Gasteiger partial charge in [0.15, 0.2) is 5.79 Å². The molecule has 0 aromatic heterocycles. The maximum absolute atomic E-state index is 12.1. The molecule has 0 aromatic carbocycles. The summed E-state index contributed by atoms with van der Waals surface area (Å²) in [5.74, 6) is -1.58. The Labute approximate surface area is 141 Å². The van der Waals surface area contributed by atoms with Crippen molar-refractivity contribution in [2.45, 2.75) is 83.4 Å². The standard InChI is InChI=1S/C16H27NO7/c1-8(22-10(3)18)6-12(19)17-13-9(2)23-11-7-21-16(4,5)24-15(11)14(13)20/h8-9,11,13-15,20H,6-7H2,1-5H3,(H,17,19). The normalized spacial score (nSPS) is 36.3. The molecule has 2 N–H and O–H groups in total. The summed E-state index contributed by atoms with van der Waals surface area (Å²) in [6, 6.07) is -0.614. The van der Waals surface area contributed by atoms with Gasteiger partial charge in [0.1, 0.15) is 24.4 Å². The number of carbonyl (C=O) groups is 2. The second-order valence-corrected chi connectivity index (χ2v) is 6.88. The maximum atomic E-state index is 12.1. The Morgan fingerprint density at radius 2 is 2.08 bits per heavy atom. The van der Waals surface area contributed by atoms with Crippen molar-refractivity contribution < 1.29 is 33.6 Å². The third-order valence-corrected chi connectivity index (χ3v) is 4.15. The van der Waals surface area contributed by atoms with Crippen LogP contribution in [0.5, 0.6) is 0 Å². The molecule has 2 fully saturated rings. The monoisotopic (exact) mass is 345 g/mol. The molecule has 0 radical (unpaired) electrons.